The van der Waals surface area contributed by atoms with E-state index >= 15 is 0 Å². The highest BCUT2D eigenvalue weighted by atomic mass is 19.3. The normalized spacial score (nSPS) is 11.9. The second-order valence-electron chi connectivity index (χ2n) is 3.85. The molecule has 0 unspecified atom stereocenters. The monoisotopic (exact) mass is 210 g/mol. The Hall–Kier alpha value is -1.45. The quantitative estimate of drug-likeness (QED) is 0.742. The van der Waals surface area contributed by atoms with Gasteiger partial charge in [0.05, 0.1) is 0 Å². The summed E-state index contributed by atoms with van der Waals surface area (Å²) in [5.74, 6) is 0.377. The van der Waals surface area contributed by atoms with Crippen LogP contribution >= 0.6 is 0 Å². The average Bonchev–Trinajstić information content (AvgIpc) is 2.59. The molecule has 0 aliphatic carbocycles. The van der Waals surface area contributed by atoms with E-state index in [2.05, 4.69) is 18.8 Å². The molecule has 0 saturated heterocycles. The SMILES string of the molecule is CC(C)c1ccn2cc(C(F)F)nc2c1. The molecule has 0 N–H and O–H groups in total. The minimum Gasteiger partial charge on any atom is -0.307 e. The van der Waals surface area contributed by atoms with Crippen molar-refractivity contribution in [3.8, 4) is 0 Å². The maximum Gasteiger partial charge on any atom is 0.281 e. The van der Waals surface area contributed by atoms with E-state index in [0.717, 1.165) is 5.56 Å². The van der Waals surface area contributed by atoms with Crippen LogP contribution in [-0.2, 0) is 0 Å². The van der Waals surface area contributed by atoms with Crippen molar-refractivity contribution in [2.24, 2.45) is 0 Å². The van der Waals surface area contributed by atoms with Gasteiger partial charge in [0.2, 0.25) is 0 Å². The number of rotatable bonds is 2. The average molecular weight is 210 g/mol. The molecule has 4 heteroatoms. The lowest BCUT2D eigenvalue weighted by Crippen LogP contribution is -1.90. The molecule has 0 bridgehead atoms. The third-order valence-corrected chi connectivity index (χ3v) is 2.39. The topological polar surface area (TPSA) is 17.3 Å². The molecule has 2 heterocycles. The number of halogens is 2. The van der Waals surface area contributed by atoms with E-state index in [1.807, 2.05) is 12.1 Å². The van der Waals surface area contributed by atoms with Gasteiger partial charge in [-0.25, -0.2) is 13.8 Å². The lowest BCUT2D eigenvalue weighted by molar-refractivity contribution is 0.147. The molecule has 0 spiro atoms. The maximum absolute atomic E-state index is 12.4. The van der Waals surface area contributed by atoms with Gasteiger partial charge in [-0.05, 0) is 23.6 Å². The molecule has 0 radical (unpaired) electrons. The number of fused-ring (bicyclic) bond motifs is 1. The molecule has 0 aliphatic rings. The van der Waals surface area contributed by atoms with Gasteiger partial charge in [0, 0.05) is 12.4 Å². The summed E-state index contributed by atoms with van der Waals surface area (Å²) in [6.45, 7) is 4.12. The smallest absolute Gasteiger partial charge is 0.281 e. The Balaban J connectivity index is 2.52. The van der Waals surface area contributed by atoms with E-state index < -0.39 is 6.43 Å². The number of hydrogen-bond donors (Lipinski definition) is 0. The van der Waals surface area contributed by atoms with Gasteiger partial charge in [-0.2, -0.15) is 0 Å². The Bertz CT molecular complexity index is 468. The summed E-state index contributed by atoms with van der Waals surface area (Å²) in [4.78, 5) is 3.87. The van der Waals surface area contributed by atoms with Crippen LogP contribution in [0.15, 0.2) is 24.5 Å². The molecular formula is C11H12F2N2. The van der Waals surface area contributed by atoms with Crippen LogP contribution in [0.1, 0.15) is 37.4 Å². The Morgan fingerprint density at radius 3 is 2.67 bits per heavy atom. The van der Waals surface area contributed by atoms with Crippen molar-refractivity contribution in [1.29, 1.82) is 0 Å². The molecule has 0 amide bonds. The van der Waals surface area contributed by atoms with Crippen molar-refractivity contribution in [3.63, 3.8) is 0 Å². The molecule has 2 aromatic heterocycles. The second-order valence-corrected chi connectivity index (χ2v) is 3.85. The Kier molecular flexibility index (Phi) is 2.42. The van der Waals surface area contributed by atoms with Crippen LogP contribution in [0.2, 0.25) is 0 Å². The van der Waals surface area contributed by atoms with Crippen molar-refractivity contribution < 1.29 is 8.78 Å². The molecule has 0 atom stereocenters. The van der Waals surface area contributed by atoms with Crippen LogP contribution < -0.4 is 0 Å². The summed E-state index contributed by atoms with van der Waals surface area (Å²) >= 11 is 0. The van der Waals surface area contributed by atoms with Gasteiger partial charge >= 0.3 is 0 Å². The predicted molar refractivity (Wildman–Crippen MR) is 54.2 cm³/mol. The zero-order valence-electron chi connectivity index (χ0n) is 8.61. The first-order valence-corrected chi connectivity index (χ1v) is 4.84. The summed E-state index contributed by atoms with van der Waals surface area (Å²) in [5, 5.41) is 0. The molecule has 80 valence electrons. The second kappa shape index (κ2) is 3.61. The molecule has 15 heavy (non-hydrogen) atoms. The fourth-order valence-electron chi connectivity index (χ4n) is 1.48. The highest BCUT2D eigenvalue weighted by Gasteiger charge is 2.12. The van der Waals surface area contributed by atoms with Crippen LogP contribution in [0.4, 0.5) is 8.78 Å². The molecule has 0 aromatic carbocycles. The molecule has 0 aliphatic heterocycles. The zero-order chi connectivity index (χ0) is 11.0. The third kappa shape index (κ3) is 1.84. The minimum absolute atomic E-state index is 0.170. The highest BCUT2D eigenvalue weighted by molar-refractivity contribution is 5.43. The lowest BCUT2D eigenvalue weighted by atomic mass is 10.1. The maximum atomic E-state index is 12.4. The summed E-state index contributed by atoms with van der Waals surface area (Å²) in [6, 6.07) is 3.77. The largest absolute Gasteiger partial charge is 0.307 e. The summed E-state index contributed by atoms with van der Waals surface area (Å²) < 4.78 is 26.4. The van der Waals surface area contributed by atoms with Crippen molar-refractivity contribution in [2.45, 2.75) is 26.2 Å². The number of aromatic nitrogens is 2. The van der Waals surface area contributed by atoms with Gasteiger partial charge in [-0.1, -0.05) is 13.8 Å². The van der Waals surface area contributed by atoms with E-state index in [0.29, 0.717) is 11.6 Å². The Labute approximate surface area is 86.6 Å². The first kappa shape index (κ1) is 10.1. The van der Waals surface area contributed by atoms with Gasteiger partial charge in [0.15, 0.2) is 0 Å². The van der Waals surface area contributed by atoms with Gasteiger partial charge < -0.3 is 4.40 Å². The third-order valence-electron chi connectivity index (χ3n) is 2.39. The number of pyridine rings is 1. The van der Waals surface area contributed by atoms with E-state index in [1.54, 1.807) is 10.6 Å². The number of nitrogens with zero attached hydrogens (tertiary/aromatic N) is 2. The Morgan fingerprint density at radius 1 is 1.33 bits per heavy atom. The summed E-state index contributed by atoms with van der Waals surface area (Å²) in [6.07, 6.45) is 0.626. The van der Waals surface area contributed by atoms with Crippen molar-refractivity contribution >= 4 is 5.65 Å². The van der Waals surface area contributed by atoms with Crippen LogP contribution in [0.3, 0.4) is 0 Å². The van der Waals surface area contributed by atoms with Crippen LogP contribution in [0.5, 0.6) is 0 Å². The highest BCUT2D eigenvalue weighted by Crippen LogP contribution is 2.20. The van der Waals surface area contributed by atoms with E-state index in [1.165, 1.54) is 6.20 Å². The van der Waals surface area contributed by atoms with E-state index in [9.17, 15) is 8.78 Å². The Morgan fingerprint density at radius 2 is 2.07 bits per heavy atom. The number of alkyl halides is 2. The lowest BCUT2D eigenvalue weighted by Gasteiger charge is -2.04. The molecule has 2 rings (SSSR count). The fraction of sp³-hybridized carbons (Fsp3) is 0.364. The zero-order valence-corrected chi connectivity index (χ0v) is 8.61. The van der Waals surface area contributed by atoms with E-state index in [4.69, 9.17) is 0 Å². The predicted octanol–water partition coefficient (Wildman–Crippen LogP) is 3.40. The van der Waals surface area contributed by atoms with Gasteiger partial charge in [0.1, 0.15) is 11.3 Å². The molecule has 2 nitrogen and oxygen atoms in total. The fourth-order valence-corrected chi connectivity index (χ4v) is 1.48. The van der Waals surface area contributed by atoms with Gasteiger partial charge in [-0.3, -0.25) is 0 Å². The first-order chi connectivity index (χ1) is 7.08. The molecular weight excluding hydrogens is 198 g/mol. The summed E-state index contributed by atoms with van der Waals surface area (Å²) in [7, 11) is 0. The molecule has 0 fully saturated rings. The van der Waals surface area contributed by atoms with Crippen LogP contribution in [0, 0.1) is 0 Å². The number of hydrogen-bond acceptors (Lipinski definition) is 1. The first-order valence-electron chi connectivity index (χ1n) is 4.84. The van der Waals surface area contributed by atoms with E-state index in [-0.39, 0.29) is 5.69 Å². The number of imidazole rings is 1. The summed E-state index contributed by atoms with van der Waals surface area (Å²) in [5.41, 5.74) is 1.52. The van der Waals surface area contributed by atoms with Gasteiger partial charge in [0.25, 0.3) is 6.43 Å². The van der Waals surface area contributed by atoms with Crippen molar-refractivity contribution in [2.75, 3.05) is 0 Å². The van der Waals surface area contributed by atoms with Gasteiger partial charge in [-0.15, -0.1) is 0 Å². The van der Waals surface area contributed by atoms with Crippen molar-refractivity contribution in [3.05, 3.63) is 35.8 Å². The minimum atomic E-state index is -2.51. The van der Waals surface area contributed by atoms with Crippen molar-refractivity contribution in [1.82, 2.24) is 9.38 Å². The van der Waals surface area contributed by atoms with Crippen LogP contribution in [0.25, 0.3) is 5.65 Å². The standard InChI is InChI=1S/C11H12F2N2/c1-7(2)8-3-4-15-6-9(11(12)13)14-10(15)5-8/h3-7,11H,1-2H3. The van der Waals surface area contributed by atoms with Crippen LogP contribution in [-0.4, -0.2) is 9.38 Å². The molecule has 0 saturated carbocycles. The molecule has 2 aromatic rings.